The van der Waals surface area contributed by atoms with Gasteiger partial charge in [-0.2, -0.15) is 0 Å². The van der Waals surface area contributed by atoms with Gasteiger partial charge in [-0.3, -0.25) is 0 Å². The molecule has 2 heterocycles. The molecule has 64 valence electrons. The standard InChI is InChI=1S/C7H11N5/c1-5-6(2-8-1)7(5)3-12-4-9-10-11-12/h4-8H,1-3H2/t5-,6+,7+. The van der Waals surface area contributed by atoms with E-state index in [4.69, 9.17) is 0 Å². The first kappa shape index (κ1) is 6.54. The molecule has 0 radical (unpaired) electrons. The molecule has 12 heavy (non-hydrogen) atoms. The highest BCUT2D eigenvalue weighted by Gasteiger charge is 2.52. The first-order valence-corrected chi connectivity index (χ1v) is 4.36. The monoisotopic (exact) mass is 165 g/mol. The summed E-state index contributed by atoms with van der Waals surface area (Å²) in [6, 6.07) is 0. The lowest BCUT2D eigenvalue weighted by molar-refractivity contribution is 0.474. The van der Waals surface area contributed by atoms with Gasteiger partial charge in [0, 0.05) is 6.54 Å². The summed E-state index contributed by atoms with van der Waals surface area (Å²) in [4.78, 5) is 0. The zero-order valence-electron chi connectivity index (χ0n) is 6.72. The molecular formula is C7H11N5. The maximum absolute atomic E-state index is 3.86. The summed E-state index contributed by atoms with van der Waals surface area (Å²) in [6.45, 7) is 3.39. The largest absolute Gasteiger partial charge is 0.316 e. The molecule has 0 unspecified atom stereocenters. The Morgan fingerprint density at radius 1 is 1.42 bits per heavy atom. The maximum Gasteiger partial charge on any atom is 0.138 e. The highest BCUT2D eigenvalue weighted by molar-refractivity contribution is 5.03. The van der Waals surface area contributed by atoms with Crippen LogP contribution in [0.25, 0.3) is 0 Å². The molecule has 2 aliphatic rings. The van der Waals surface area contributed by atoms with Crippen molar-refractivity contribution in [1.29, 1.82) is 0 Å². The molecule has 0 aromatic carbocycles. The van der Waals surface area contributed by atoms with E-state index < -0.39 is 0 Å². The van der Waals surface area contributed by atoms with Gasteiger partial charge in [0.1, 0.15) is 6.33 Å². The predicted molar refractivity (Wildman–Crippen MR) is 41.2 cm³/mol. The molecule has 2 fully saturated rings. The average Bonchev–Trinajstić information content (AvgIpc) is 2.59. The van der Waals surface area contributed by atoms with Crippen LogP contribution in [-0.4, -0.2) is 33.3 Å². The van der Waals surface area contributed by atoms with E-state index in [-0.39, 0.29) is 0 Å². The maximum atomic E-state index is 3.86. The molecule has 1 saturated heterocycles. The molecule has 1 saturated carbocycles. The second-order valence-corrected chi connectivity index (χ2v) is 3.68. The minimum Gasteiger partial charge on any atom is -0.316 e. The second-order valence-electron chi connectivity index (χ2n) is 3.68. The Labute approximate surface area is 70.1 Å². The molecule has 1 aliphatic heterocycles. The van der Waals surface area contributed by atoms with Crippen LogP contribution in [0.2, 0.25) is 0 Å². The molecule has 3 rings (SSSR count). The van der Waals surface area contributed by atoms with Gasteiger partial charge in [-0.25, -0.2) is 4.68 Å². The van der Waals surface area contributed by atoms with Gasteiger partial charge >= 0.3 is 0 Å². The molecule has 1 aliphatic carbocycles. The topological polar surface area (TPSA) is 55.6 Å². The normalized spacial score (nSPS) is 38.2. The highest BCUT2D eigenvalue weighted by Crippen LogP contribution is 2.49. The summed E-state index contributed by atoms with van der Waals surface area (Å²) in [5.74, 6) is 2.62. The van der Waals surface area contributed by atoms with E-state index >= 15 is 0 Å². The number of hydrogen-bond acceptors (Lipinski definition) is 4. The van der Waals surface area contributed by atoms with Gasteiger partial charge in [-0.1, -0.05) is 0 Å². The van der Waals surface area contributed by atoms with Gasteiger partial charge < -0.3 is 5.32 Å². The molecule has 0 bridgehead atoms. The molecule has 1 N–H and O–H groups in total. The van der Waals surface area contributed by atoms with Crippen LogP contribution in [0.5, 0.6) is 0 Å². The molecule has 3 atom stereocenters. The number of rotatable bonds is 2. The summed E-state index contributed by atoms with van der Waals surface area (Å²) < 4.78 is 1.84. The number of hydrogen-bond donors (Lipinski definition) is 1. The van der Waals surface area contributed by atoms with E-state index in [9.17, 15) is 0 Å². The van der Waals surface area contributed by atoms with E-state index in [0.717, 1.165) is 24.3 Å². The third kappa shape index (κ3) is 0.859. The lowest BCUT2D eigenvalue weighted by Gasteiger charge is -2.02. The summed E-state index contributed by atoms with van der Waals surface area (Å²) in [5.41, 5.74) is 0. The van der Waals surface area contributed by atoms with Crippen LogP contribution in [0, 0.1) is 17.8 Å². The third-order valence-corrected chi connectivity index (χ3v) is 3.06. The number of nitrogens with zero attached hydrogens (tertiary/aromatic N) is 4. The number of tetrazole rings is 1. The Bertz CT molecular complexity index is 259. The van der Waals surface area contributed by atoms with Crippen molar-refractivity contribution in [3.63, 3.8) is 0 Å². The SMILES string of the molecule is c1nnnn1C[C@H]1[C@@H]2CNC[C@@H]21. The van der Waals surface area contributed by atoms with Crippen molar-refractivity contribution in [2.45, 2.75) is 6.54 Å². The van der Waals surface area contributed by atoms with Crippen LogP contribution in [-0.2, 0) is 6.54 Å². The molecule has 5 heteroatoms. The number of piperidine rings is 1. The van der Waals surface area contributed by atoms with Gasteiger partial charge in [-0.05, 0) is 41.3 Å². The summed E-state index contributed by atoms with van der Waals surface area (Å²) in [7, 11) is 0. The van der Waals surface area contributed by atoms with Crippen molar-refractivity contribution in [3.05, 3.63) is 6.33 Å². The minimum absolute atomic E-state index is 0.828. The van der Waals surface area contributed by atoms with Crippen LogP contribution in [0.4, 0.5) is 0 Å². The van der Waals surface area contributed by atoms with E-state index in [1.54, 1.807) is 6.33 Å². The van der Waals surface area contributed by atoms with Crippen molar-refractivity contribution < 1.29 is 0 Å². The predicted octanol–water partition coefficient (Wildman–Crippen LogP) is -0.862. The Kier molecular flexibility index (Phi) is 1.23. The van der Waals surface area contributed by atoms with Gasteiger partial charge in [0.2, 0.25) is 0 Å². The molecule has 1 aromatic rings. The lowest BCUT2D eigenvalue weighted by atomic mass is 10.3. The van der Waals surface area contributed by atoms with Crippen LogP contribution < -0.4 is 5.32 Å². The molecule has 1 aromatic heterocycles. The molecule has 0 amide bonds. The van der Waals surface area contributed by atoms with Crippen LogP contribution in [0.1, 0.15) is 0 Å². The van der Waals surface area contributed by atoms with Crippen molar-refractivity contribution in [2.75, 3.05) is 13.1 Å². The van der Waals surface area contributed by atoms with E-state index in [1.165, 1.54) is 13.1 Å². The van der Waals surface area contributed by atoms with Gasteiger partial charge in [-0.15, -0.1) is 5.10 Å². The van der Waals surface area contributed by atoms with Crippen LogP contribution in [0.15, 0.2) is 6.33 Å². The number of fused-ring (bicyclic) bond motifs is 1. The Morgan fingerprint density at radius 3 is 2.92 bits per heavy atom. The average molecular weight is 165 g/mol. The fourth-order valence-electron chi connectivity index (χ4n) is 2.30. The quantitative estimate of drug-likeness (QED) is 0.619. The van der Waals surface area contributed by atoms with Crippen molar-refractivity contribution in [1.82, 2.24) is 25.5 Å². The molecule has 0 spiro atoms. The molecular weight excluding hydrogens is 154 g/mol. The van der Waals surface area contributed by atoms with Crippen molar-refractivity contribution in [3.8, 4) is 0 Å². The Hall–Kier alpha value is -0.970. The van der Waals surface area contributed by atoms with Gasteiger partial charge in [0.05, 0.1) is 0 Å². The fourth-order valence-corrected chi connectivity index (χ4v) is 2.30. The van der Waals surface area contributed by atoms with Crippen LogP contribution in [0.3, 0.4) is 0 Å². The van der Waals surface area contributed by atoms with Crippen molar-refractivity contribution >= 4 is 0 Å². The summed E-state index contributed by atoms with van der Waals surface area (Å²) >= 11 is 0. The molecule has 5 nitrogen and oxygen atoms in total. The number of aromatic nitrogens is 4. The van der Waals surface area contributed by atoms with Gasteiger partial charge in [0.25, 0.3) is 0 Å². The van der Waals surface area contributed by atoms with E-state index in [1.807, 2.05) is 4.68 Å². The summed E-state index contributed by atoms with van der Waals surface area (Å²) in [6.07, 6.45) is 1.70. The zero-order valence-corrected chi connectivity index (χ0v) is 6.72. The minimum atomic E-state index is 0.828. The van der Waals surface area contributed by atoms with E-state index in [0.29, 0.717) is 0 Å². The number of nitrogens with one attached hydrogen (secondary N) is 1. The van der Waals surface area contributed by atoms with Crippen molar-refractivity contribution in [2.24, 2.45) is 17.8 Å². The van der Waals surface area contributed by atoms with Crippen LogP contribution >= 0.6 is 0 Å². The smallest absolute Gasteiger partial charge is 0.138 e. The Balaban J connectivity index is 1.65. The first-order chi connectivity index (χ1) is 5.95. The van der Waals surface area contributed by atoms with Gasteiger partial charge in [0.15, 0.2) is 0 Å². The summed E-state index contributed by atoms with van der Waals surface area (Å²) in [5, 5.41) is 14.5. The Morgan fingerprint density at radius 2 is 2.25 bits per heavy atom. The first-order valence-electron chi connectivity index (χ1n) is 4.36. The second kappa shape index (κ2) is 2.26. The third-order valence-electron chi connectivity index (χ3n) is 3.06. The van der Waals surface area contributed by atoms with E-state index in [2.05, 4.69) is 20.8 Å². The lowest BCUT2D eigenvalue weighted by Crippen LogP contribution is -2.17. The fraction of sp³-hybridized carbons (Fsp3) is 0.857. The highest BCUT2D eigenvalue weighted by atomic mass is 15.5. The zero-order chi connectivity index (χ0) is 7.97.